The van der Waals surface area contributed by atoms with Crippen molar-refractivity contribution in [2.24, 2.45) is 5.73 Å². The second-order valence-corrected chi connectivity index (χ2v) is 3.22. The summed E-state index contributed by atoms with van der Waals surface area (Å²) in [5, 5.41) is 0. The molecular weight excluding hydrogens is 200 g/mol. The van der Waals surface area contributed by atoms with Crippen LogP contribution in [0, 0.1) is 5.82 Å². The fourth-order valence-corrected chi connectivity index (χ4v) is 1.26. The number of halogens is 2. The average molecular weight is 215 g/mol. The van der Waals surface area contributed by atoms with Gasteiger partial charge in [0, 0.05) is 12.5 Å². The molecule has 0 aliphatic heterocycles. The Morgan fingerprint density at radius 1 is 1.27 bits per heavy atom. The molecule has 2 nitrogen and oxygen atoms in total. The van der Waals surface area contributed by atoms with E-state index in [4.69, 9.17) is 10.5 Å². The Balaban J connectivity index is 2.62. The molecule has 84 valence electrons. The van der Waals surface area contributed by atoms with Gasteiger partial charge in [0.15, 0.2) is 0 Å². The normalized spacial score (nSPS) is 10.3. The van der Waals surface area contributed by atoms with Gasteiger partial charge in [0.2, 0.25) is 0 Å². The van der Waals surface area contributed by atoms with Crippen LogP contribution in [0.5, 0.6) is 5.75 Å². The second kappa shape index (κ2) is 6.35. The SMILES string of the molecule is NCCc1cc(F)cc(OCCCF)c1. The Kier molecular flexibility index (Phi) is 5.04. The van der Waals surface area contributed by atoms with E-state index < -0.39 is 6.67 Å². The van der Waals surface area contributed by atoms with Crippen molar-refractivity contribution in [2.45, 2.75) is 12.8 Å². The van der Waals surface area contributed by atoms with E-state index in [0.29, 0.717) is 25.1 Å². The minimum atomic E-state index is -0.426. The van der Waals surface area contributed by atoms with Gasteiger partial charge < -0.3 is 10.5 Å². The first-order valence-corrected chi connectivity index (χ1v) is 4.94. The van der Waals surface area contributed by atoms with Crippen LogP contribution in [0.1, 0.15) is 12.0 Å². The van der Waals surface area contributed by atoms with Gasteiger partial charge in [0.25, 0.3) is 0 Å². The molecule has 0 aliphatic carbocycles. The largest absolute Gasteiger partial charge is 0.493 e. The molecule has 1 aromatic rings. The van der Waals surface area contributed by atoms with Crippen molar-refractivity contribution < 1.29 is 13.5 Å². The highest BCUT2D eigenvalue weighted by atomic mass is 19.1. The van der Waals surface area contributed by atoms with Gasteiger partial charge >= 0.3 is 0 Å². The highest BCUT2D eigenvalue weighted by Gasteiger charge is 2.01. The maximum Gasteiger partial charge on any atom is 0.127 e. The number of nitrogens with two attached hydrogens (primary N) is 1. The fraction of sp³-hybridized carbons (Fsp3) is 0.455. The van der Waals surface area contributed by atoms with E-state index in [1.165, 1.54) is 12.1 Å². The Bertz CT molecular complexity index is 305. The van der Waals surface area contributed by atoms with Crippen molar-refractivity contribution >= 4 is 0 Å². The predicted molar refractivity (Wildman–Crippen MR) is 55.2 cm³/mol. The van der Waals surface area contributed by atoms with Crippen LogP contribution in [-0.2, 0) is 6.42 Å². The van der Waals surface area contributed by atoms with Crippen LogP contribution in [0.2, 0.25) is 0 Å². The van der Waals surface area contributed by atoms with Crippen LogP contribution in [0.25, 0.3) is 0 Å². The zero-order valence-electron chi connectivity index (χ0n) is 8.51. The highest BCUT2D eigenvalue weighted by Crippen LogP contribution is 2.16. The monoisotopic (exact) mass is 215 g/mol. The summed E-state index contributed by atoms with van der Waals surface area (Å²) in [6, 6.07) is 4.45. The molecular formula is C11H15F2NO. The summed E-state index contributed by atoms with van der Waals surface area (Å²) in [7, 11) is 0. The first-order chi connectivity index (χ1) is 7.26. The van der Waals surface area contributed by atoms with Crippen molar-refractivity contribution in [2.75, 3.05) is 19.8 Å². The number of hydrogen-bond acceptors (Lipinski definition) is 2. The van der Waals surface area contributed by atoms with E-state index in [2.05, 4.69) is 0 Å². The lowest BCUT2D eigenvalue weighted by Gasteiger charge is -2.07. The van der Waals surface area contributed by atoms with E-state index in [1.807, 2.05) is 0 Å². The Hall–Kier alpha value is -1.16. The molecule has 0 saturated carbocycles. The number of hydrogen-bond donors (Lipinski definition) is 1. The summed E-state index contributed by atoms with van der Waals surface area (Å²) in [6.45, 7) is 0.306. The molecule has 2 N–H and O–H groups in total. The maximum atomic E-state index is 13.1. The third-order valence-corrected chi connectivity index (χ3v) is 1.91. The highest BCUT2D eigenvalue weighted by molar-refractivity contribution is 5.29. The molecule has 0 radical (unpaired) electrons. The van der Waals surface area contributed by atoms with E-state index in [1.54, 1.807) is 6.07 Å². The summed E-state index contributed by atoms with van der Waals surface area (Å²) in [6.07, 6.45) is 0.931. The van der Waals surface area contributed by atoms with Gasteiger partial charge in [-0.25, -0.2) is 4.39 Å². The third-order valence-electron chi connectivity index (χ3n) is 1.91. The number of alkyl halides is 1. The quantitative estimate of drug-likeness (QED) is 0.737. The minimum Gasteiger partial charge on any atom is -0.493 e. The molecule has 0 spiro atoms. The Morgan fingerprint density at radius 2 is 2.07 bits per heavy atom. The molecule has 0 heterocycles. The van der Waals surface area contributed by atoms with Crippen LogP contribution < -0.4 is 10.5 Å². The third kappa shape index (κ3) is 4.25. The van der Waals surface area contributed by atoms with Crippen molar-refractivity contribution in [3.63, 3.8) is 0 Å². The van der Waals surface area contributed by atoms with Crippen LogP contribution in [0.3, 0.4) is 0 Å². The first kappa shape index (κ1) is 11.9. The average Bonchev–Trinajstić information content (AvgIpc) is 2.18. The van der Waals surface area contributed by atoms with E-state index in [9.17, 15) is 8.78 Å². The zero-order chi connectivity index (χ0) is 11.1. The van der Waals surface area contributed by atoms with Gasteiger partial charge in [0.05, 0.1) is 13.3 Å². The van der Waals surface area contributed by atoms with Crippen molar-refractivity contribution in [3.8, 4) is 5.75 Å². The van der Waals surface area contributed by atoms with Crippen LogP contribution >= 0.6 is 0 Å². The lowest BCUT2D eigenvalue weighted by atomic mass is 10.1. The molecule has 0 aliphatic rings. The van der Waals surface area contributed by atoms with Gasteiger partial charge in [-0.05, 0) is 30.7 Å². The first-order valence-electron chi connectivity index (χ1n) is 4.94. The van der Waals surface area contributed by atoms with Gasteiger partial charge in [0.1, 0.15) is 11.6 Å². The maximum absolute atomic E-state index is 13.1. The molecule has 15 heavy (non-hydrogen) atoms. The van der Waals surface area contributed by atoms with Gasteiger partial charge in [-0.3, -0.25) is 4.39 Å². The van der Waals surface area contributed by atoms with Crippen LogP contribution in [-0.4, -0.2) is 19.8 Å². The van der Waals surface area contributed by atoms with E-state index in [0.717, 1.165) is 5.56 Å². The molecule has 0 saturated heterocycles. The number of ether oxygens (including phenoxy) is 1. The minimum absolute atomic E-state index is 0.266. The van der Waals surface area contributed by atoms with E-state index >= 15 is 0 Å². The molecule has 0 amide bonds. The fourth-order valence-electron chi connectivity index (χ4n) is 1.26. The van der Waals surface area contributed by atoms with Gasteiger partial charge in [-0.2, -0.15) is 0 Å². The van der Waals surface area contributed by atoms with Crippen LogP contribution in [0.15, 0.2) is 18.2 Å². The molecule has 0 bridgehead atoms. The summed E-state index contributed by atoms with van der Waals surface area (Å²) in [5.74, 6) is 0.0862. The van der Waals surface area contributed by atoms with E-state index in [-0.39, 0.29) is 12.4 Å². The van der Waals surface area contributed by atoms with Crippen molar-refractivity contribution in [3.05, 3.63) is 29.6 Å². The second-order valence-electron chi connectivity index (χ2n) is 3.22. The standard InChI is InChI=1S/C11H15F2NO/c12-3-1-5-15-11-7-9(2-4-14)6-10(13)8-11/h6-8H,1-5,14H2. The lowest BCUT2D eigenvalue weighted by Crippen LogP contribution is -2.04. The molecule has 0 unspecified atom stereocenters. The molecule has 1 aromatic carbocycles. The lowest BCUT2D eigenvalue weighted by molar-refractivity contribution is 0.288. The smallest absolute Gasteiger partial charge is 0.127 e. The molecule has 4 heteroatoms. The van der Waals surface area contributed by atoms with Gasteiger partial charge in [-0.1, -0.05) is 0 Å². The molecule has 0 aromatic heterocycles. The number of benzene rings is 1. The predicted octanol–water partition coefficient (Wildman–Crippen LogP) is 2.07. The van der Waals surface area contributed by atoms with Gasteiger partial charge in [-0.15, -0.1) is 0 Å². The summed E-state index contributed by atoms with van der Waals surface area (Å²) < 4.78 is 30.1. The summed E-state index contributed by atoms with van der Waals surface area (Å²) in [4.78, 5) is 0. The molecule has 0 fully saturated rings. The zero-order valence-corrected chi connectivity index (χ0v) is 8.51. The molecule has 1 rings (SSSR count). The summed E-state index contributed by atoms with van der Waals surface area (Å²) >= 11 is 0. The molecule has 0 atom stereocenters. The Morgan fingerprint density at radius 3 is 2.73 bits per heavy atom. The topological polar surface area (TPSA) is 35.2 Å². The Labute approximate surface area is 88.0 Å². The van der Waals surface area contributed by atoms with Crippen LogP contribution in [0.4, 0.5) is 8.78 Å². The van der Waals surface area contributed by atoms with Crippen molar-refractivity contribution in [1.82, 2.24) is 0 Å². The summed E-state index contributed by atoms with van der Waals surface area (Å²) in [5.41, 5.74) is 6.17. The number of rotatable bonds is 6. The van der Waals surface area contributed by atoms with Crippen molar-refractivity contribution in [1.29, 1.82) is 0 Å².